The fraction of sp³-hybridized carbons (Fsp3) is 0.727. The van der Waals surface area contributed by atoms with Crippen LogP contribution in [0.4, 0.5) is 0 Å². The zero-order chi connectivity index (χ0) is 10.5. The van der Waals surface area contributed by atoms with Gasteiger partial charge >= 0.3 is 0 Å². The summed E-state index contributed by atoms with van der Waals surface area (Å²) >= 11 is 1.71. The molecule has 1 aliphatic heterocycles. The summed E-state index contributed by atoms with van der Waals surface area (Å²) < 4.78 is 5.64. The molecular formula is C11H18N2OS. The van der Waals surface area contributed by atoms with Crippen LogP contribution in [0, 0.1) is 0 Å². The van der Waals surface area contributed by atoms with Gasteiger partial charge in [-0.2, -0.15) is 0 Å². The SMILES string of the molecule is CCC1CC(NCc2cncs2)CCO1. The molecule has 2 rings (SSSR count). The van der Waals surface area contributed by atoms with Crippen LogP contribution < -0.4 is 5.32 Å². The second-order valence-electron chi connectivity index (χ2n) is 3.97. The quantitative estimate of drug-likeness (QED) is 0.854. The first-order chi connectivity index (χ1) is 7.38. The summed E-state index contributed by atoms with van der Waals surface area (Å²) in [5.74, 6) is 0. The highest BCUT2D eigenvalue weighted by Gasteiger charge is 2.20. The van der Waals surface area contributed by atoms with Crippen LogP contribution in [0.2, 0.25) is 0 Å². The van der Waals surface area contributed by atoms with Crippen LogP contribution in [0.3, 0.4) is 0 Å². The number of thiazole rings is 1. The van der Waals surface area contributed by atoms with E-state index in [1.165, 1.54) is 4.88 Å². The Labute approximate surface area is 94.9 Å². The van der Waals surface area contributed by atoms with Crippen molar-refractivity contribution < 1.29 is 4.74 Å². The fourth-order valence-corrected chi connectivity index (χ4v) is 2.47. The molecular weight excluding hydrogens is 208 g/mol. The van der Waals surface area contributed by atoms with E-state index >= 15 is 0 Å². The maximum Gasteiger partial charge on any atom is 0.0794 e. The minimum atomic E-state index is 0.456. The van der Waals surface area contributed by atoms with Gasteiger partial charge in [-0.25, -0.2) is 0 Å². The summed E-state index contributed by atoms with van der Waals surface area (Å²) in [6, 6.07) is 0.616. The molecule has 0 aliphatic carbocycles. The summed E-state index contributed by atoms with van der Waals surface area (Å²) in [6.45, 7) is 4.04. The van der Waals surface area contributed by atoms with E-state index in [4.69, 9.17) is 4.74 Å². The van der Waals surface area contributed by atoms with Crippen molar-refractivity contribution in [1.82, 2.24) is 10.3 Å². The third-order valence-corrected chi connectivity index (χ3v) is 3.65. The van der Waals surface area contributed by atoms with E-state index < -0.39 is 0 Å². The van der Waals surface area contributed by atoms with Crippen molar-refractivity contribution in [3.05, 3.63) is 16.6 Å². The molecule has 0 aromatic carbocycles. The zero-order valence-electron chi connectivity index (χ0n) is 9.11. The number of ether oxygens (including phenoxy) is 1. The largest absolute Gasteiger partial charge is 0.378 e. The third kappa shape index (κ3) is 3.26. The van der Waals surface area contributed by atoms with Gasteiger partial charge in [0.2, 0.25) is 0 Å². The molecule has 2 atom stereocenters. The lowest BCUT2D eigenvalue weighted by atomic mass is 10.0. The number of rotatable bonds is 4. The first-order valence-electron chi connectivity index (χ1n) is 5.61. The van der Waals surface area contributed by atoms with Gasteiger partial charge in [0.25, 0.3) is 0 Å². The van der Waals surface area contributed by atoms with Crippen molar-refractivity contribution in [3.8, 4) is 0 Å². The Morgan fingerprint density at radius 1 is 1.67 bits per heavy atom. The van der Waals surface area contributed by atoms with Gasteiger partial charge in [-0.3, -0.25) is 4.98 Å². The van der Waals surface area contributed by atoms with Gasteiger partial charge in [-0.15, -0.1) is 11.3 Å². The van der Waals surface area contributed by atoms with Gasteiger partial charge in [0.05, 0.1) is 11.6 Å². The number of nitrogens with one attached hydrogen (secondary N) is 1. The Hall–Kier alpha value is -0.450. The molecule has 2 unspecified atom stereocenters. The van der Waals surface area contributed by atoms with E-state index in [-0.39, 0.29) is 0 Å². The molecule has 0 saturated carbocycles. The fourth-order valence-electron chi connectivity index (χ4n) is 1.92. The van der Waals surface area contributed by atoms with E-state index in [1.54, 1.807) is 11.3 Å². The van der Waals surface area contributed by atoms with Crippen molar-refractivity contribution in [1.29, 1.82) is 0 Å². The van der Waals surface area contributed by atoms with Gasteiger partial charge in [0.1, 0.15) is 0 Å². The molecule has 0 radical (unpaired) electrons. The third-order valence-electron chi connectivity index (χ3n) is 2.87. The van der Waals surface area contributed by atoms with Crippen molar-refractivity contribution in [2.24, 2.45) is 0 Å². The predicted octanol–water partition coefficient (Wildman–Crippen LogP) is 2.19. The van der Waals surface area contributed by atoms with Crippen LogP contribution >= 0.6 is 11.3 Å². The van der Waals surface area contributed by atoms with Gasteiger partial charge in [-0.1, -0.05) is 6.92 Å². The average Bonchev–Trinajstić information content (AvgIpc) is 2.79. The molecule has 1 N–H and O–H groups in total. The van der Waals surface area contributed by atoms with Gasteiger partial charge < -0.3 is 10.1 Å². The van der Waals surface area contributed by atoms with Crippen molar-refractivity contribution >= 4 is 11.3 Å². The van der Waals surface area contributed by atoms with E-state index in [9.17, 15) is 0 Å². The topological polar surface area (TPSA) is 34.2 Å². The molecule has 1 aliphatic rings. The Morgan fingerprint density at radius 3 is 3.33 bits per heavy atom. The number of nitrogens with zero attached hydrogens (tertiary/aromatic N) is 1. The first kappa shape index (κ1) is 11.0. The lowest BCUT2D eigenvalue weighted by Gasteiger charge is -2.29. The average molecular weight is 226 g/mol. The van der Waals surface area contributed by atoms with Crippen LogP contribution in [0.15, 0.2) is 11.7 Å². The lowest BCUT2D eigenvalue weighted by Crippen LogP contribution is -2.38. The smallest absolute Gasteiger partial charge is 0.0794 e. The highest BCUT2D eigenvalue weighted by atomic mass is 32.1. The van der Waals surface area contributed by atoms with Gasteiger partial charge in [0, 0.05) is 30.3 Å². The molecule has 4 heteroatoms. The summed E-state index contributed by atoms with van der Waals surface area (Å²) in [6.07, 6.45) is 5.80. The minimum Gasteiger partial charge on any atom is -0.378 e. The van der Waals surface area contributed by atoms with Crippen LogP contribution in [0.1, 0.15) is 31.1 Å². The molecule has 84 valence electrons. The van der Waals surface area contributed by atoms with Crippen LogP contribution in [-0.2, 0) is 11.3 Å². The Balaban J connectivity index is 1.74. The lowest BCUT2D eigenvalue weighted by molar-refractivity contribution is -0.000277. The summed E-state index contributed by atoms with van der Waals surface area (Å²) in [7, 11) is 0. The predicted molar refractivity (Wildman–Crippen MR) is 62.0 cm³/mol. The minimum absolute atomic E-state index is 0.456. The molecule has 2 heterocycles. The molecule has 1 saturated heterocycles. The first-order valence-corrected chi connectivity index (χ1v) is 6.48. The Kier molecular flexibility index (Phi) is 4.11. The van der Waals surface area contributed by atoms with Crippen molar-refractivity contribution in [2.75, 3.05) is 6.61 Å². The van der Waals surface area contributed by atoms with E-state index in [0.717, 1.165) is 32.4 Å². The molecule has 1 aromatic rings. The van der Waals surface area contributed by atoms with Crippen molar-refractivity contribution in [3.63, 3.8) is 0 Å². The zero-order valence-corrected chi connectivity index (χ0v) is 9.93. The standard InChI is InChI=1S/C11H18N2OS/c1-2-10-5-9(3-4-14-10)13-7-11-6-12-8-15-11/h6,8-10,13H,2-5,7H2,1H3. The van der Waals surface area contributed by atoms with E-state index in [1.807, 2.05) is 11.7 Å². The maximum absolute atomic E-state index is 5.64. The second-order valence-corrected chi connectivity index (χ2v) is 4.94. The number of hydrogen-bond acceptors (Lipinski definition) is 4. The highest BCUT2D eigenvalue weighted by Crippen LogP contribution is 2.17. The van der Waals surface area contributed by atoms with Gasteiger partial charge in [-0.05, 0) is 19.3 Å². The molecule has 0 bridgehead atoms. The Bertz CT molecular complexity index is 276. The summed E-state index contributed by atoms with van der Waals surface area (Å²) in [5.41, 5.74) is 1.88. The van der Waals surface area contributed by atoms with E-state index in [0.29, 0.717) is 12.1 Å². The molecule has 0 spiro atoms. The summed E-state index contributed by atoms with van der Waals surface area (Å²) in [4.78, 5) is 5.39. The van der Waals surface area contributed by atoms with Crippen LogP contribution in [-0.4, -0.2) is 23.7 Å². The highest BCUT2D eigenvalue weighted by molar-refractivity contribution is 7.09. The molecule has 0 amide bonds. The van der Waals surface area contributed by atoms with Crippen molar-refractivity contribution in [2.45, 2.75) is 44.9 Å². The normalized spacial score (nSPS) is 26.7. The van der Waals surface area contributed by atoms with Crippen LogP contribution in [0.5, 0.6) is 0 Å². The molecule has 15 heavy (non-hydrogen) atoms. The number of aromatic nitrogens is 1. The molecule has 1 aromatic heterocycles. The maximum atomic E-state index is 5.64. The monoisotopic (exact) mass is 226 g/mol. The van der Waals surface area contributed by atoms with Gasteiger partial charge in [0.15, 0.2) is 0 Å². The number of hydrogen-bond donors (Lipinski definition) is 1. The molecule has 1 fully saturated rings. The second kappa shape index (κ2) is 5.58. The molecule has 3 nitrogen and oxygen atoms in total. The van der Waals surface area contributed by atoms with Crippen LogP contribution in [0.25, 0.3) is 0 Å². The van der Waals surface area contributed by atoms with E-state index in [2.05, 4.69) is 17.2 Å². The Morgan fingerprint density at radius 2 is 2.60 bits per heavy atom. The summed E-state index contributed by atoms with van der Waals surface area (Å²) in [5, 5.41) is 3.58.